The zero-order valence-electron chi connectivity index (χ0n) is 7.82. The van der Waals surface area contributed by atoms with Crippen molar-refractivity contribution >= 4 is 57.7 Å². The Morgan fingerprint density at radius 3 is 2.35 bits per heavy atom. The number of amides is 1. The summed E-state index contributed by atoms with van der Waals surface area (Å²) in [6, 6.07) is 0. The quantitative estimate of drug-likeness (QED) is 0.862. The highest BCUT2D eigenvalue weighted by Gasteiger charge is 2.16. The van der Waals surface area contributed by atoms with Gasteiger partial charge in [-0.3, -0.25) is 4.79 Å². The van der Waals surface area contributed by atoms with Crippen LogP contribution in [0.3, 0.4) is 0 Å². The zero-order chi connectivity index (χ0) is 12.4. The maximum absolute atomic E-state index is 11.7. The molecule has 0 aliphatic carbocycles. The van der Waals surface area contributed by atoms with E-state index >= 15 is 0 Å². The van der Waals surface area contributed by atoms with Gasteiger partial charge in [-0.2, -0.15) is 0 Å². The van der Waals surface area contributed by atoms with E-state index in [9.17, 15) is 4.79 Å². The van der Waals surface area contributed by atoms with E-state index in [0.717, 1.165) is 11.3 Å². The molecule has 2 aromatic heterocycles. The second-order valence-electron chi connectivity index (χ2n) is 2.64. The van der Waals surface area contributed by atoms with E-state index in [1.807, 2.05) is 0 Å². The number of hydrogen-bond donors (Lipinski definition) is 1. The number of carbonyl (C=O) groups is 1. The number of rotatable bonds is 2. The second kappa shape index (κ2) is 5.09. The molecule has 0 aromatic carbocycles. The summed E-state index contributed by atoms with van der Waals surface area (Å²) in [5, 5.41) is 9.66. The van der Waals surface area contributed by atoms with Gasteiger partial charge in [-0.05, 0) is 11.6 Å². The summed E-state index contributed by atoms with van der Waals surface area (Å²) >= 11 is 18.0. The number of halogens is 3. The molecule has 0 atom stereocenters. The minimum Gasteiger partial charge on any atom is -0.315 e. The van der Waals surface area contributed by atoms with E-state index in [4.69, 9.17) is 34.8 Å². The molecule has 0 spiro atoms. The van der Waals surface area contributed by atoms with Gasteiger partial charge in [0, 0.05) is 0 Å². The van der Waals surface area contributed by atoms with Crippen LogP contribution in [0.1, 0.15) is 9.80 Å². The van der Waals surface area contributed by atoms with E-state index in [1.165, 1.54) is 6.33 Å². The van der Waals surface area contributed by atoms with E-state index in [2.05, 4.69) is 25.5 Å². The summed E-state index contributed by atoms with van der Waals surface area (Å²) < 4.78 is 0.164. The van der Waals surface area contributed by atoms with Gasteiger partial charge >= 0.3 is 0 Å². The van der Waals surface area contributed by atoms with Crippen molar-refractivity contribution < 1.29 is 4.79 Å². The van der Waals surface area contributed by atoms with Crippen LogP contribution in [0.25, 0.3) is 0 Å². The highest BCUT2D eigenvalue weighted by molar-refractivity contribution is 7.17. The minimum atomic E-state index is -0.534. The molecule has 6 nitrogen and oxygen atoms in total. The third-order valence-corrected chi connectivity index (χ3v) is 3.18. The van der Waals surface area contributed by atoms with Crippen LogP contribution in [-0.2, 0) is 0 Å². The van der Waals surface area contributed by atoms with Crippen LogP contribution in [0.4, 0.5) is 5.69 Å². The number of nitrogens with one attached hydrogen (secondary N) is 1. The third kappa shape index (κ3) is 2.81. The Kier molecular flexibility index (Phi) is 3.72. The molecule has 0 fully saturated rings. The van der Waals surface area contributed by atoms with Crippen LogP contribution in [0, 0.1) is 0 Å². The summed E-state index contributed by atoms with van der Waals surface area (Å²) in [6.07, 6.45) is 1.18. The highest BCUT2D eigenvalue weighted by Crippen LogP contribution is 2.26. The maximum atomic E-state index is 11.7. The third-order valence-electron chi connectivity index (χ3n) is 1.59. The van der Waals surface area contributed by atoms with Crippen molar-refractivity contribution in [2.45, 2.75) is 0 Å². The molecular weight excluding hydrogens is 309 g/mol. The molecule has 0 bridgehead atoms. The molecule has 2 rings (SSSR count). The summed E-state index contributed by atoms with van der Waals surface area (Å²) in [5.74, 6) is -0.534. The van der Waals surface area contributed by atoms with Gasteiger partial charge in [-0.15, -0.1) is 10.2 Å². The summed E-state index contributed by atoms with van der Waals surface area (Å²) in [7, 11) is 0. The Morgan fingerprint density at radius 2 is 1.82 bits per heavy atom. The fourth-order valence-electron chi connectivity index (χ4n) is 0.912. The first kappa shape index (κ1) is 12.4. The highest BCUT2D eigenvalue weighted by atomic mass is 35.5. The lowest BCUT2D eigenvalue weighted by Crippen LogP contribution is -2.13. The van der Waals surface area contributed by atoms with Crippen molar-refractivity contribution in [2.75, 3.05) is 5.32 Å². The van der Waals surface area contributed by atoms with Crippen LogP contribution in [-0.4, -0.2) is 26.1 Å². The number of nitrogens with zero attached hydrogens (tertiary/aromatic N) is 4. The van der Waals surface area contributed by atoms with Gasteiger partial charge in [0.2, 0.25) is 9.47 Å². The fourth-order valence-corrected chi connectivity index (χ4v) is 2.04. The molecule has 0 aliphatic rings. The normalized spacial score (nSPS) is 10.3. The van der Waals surface area contributed by atoms with Gasteiger partial charge in [0.15, 0.2) is 10.3 Å². The molecule has 0 radical (unpaired) electrons. The topological polar surface area (TPSA) is 80.7 Å². The molecule has 0 aliphatic heterocycles. The predicted molar refractivity (Wildman–Crippen MR) is 64.9 cm³/mol. The average Bonchev–Trinajstić information content (AvgIpc) is 2.70. The van der Waals surface area contributed by atoms with Gasteiger partial charge in [0.05, 0.1) is 0 Å². The van der Waals surface area contributed by atoms with Gasteiger partial charge in [0.25, 0.3) is 5.91 Å². The van der Waals surface area contributed by atoms with E-state index in [1.54, 1.807) is 0 Å². The lowest BCUT2D eigenvalue weighted by atomic mass is 10.5. The largest absolute Gasteiger partial charge is 0.315 e. The molecule has 1 N–H and O–H groups in total. The lowest BCUT2D eigenvalue weighted by molar-refractivity contribution is 0.102. The zero-order valence-corrected chi connectivity index (χ0v) is 10.9. The van der Waals surface area contributed by atoms with Gasteiger partial charge < -0.3 is 5.32 Å². The number of anilines is 1. The number of hydrogen-bond acceptors (Lipinski definition) is 6. The molecule has 17 heavy (non-hydrogen) atoms. The molecule has 2 aromatic rings. The average molecular weight is 311 g/mol. The molecule has 0 saturated carbocycles. The van der Waals surface area contributed by atoms with Gasteiger partial charge in [0.1, 0.15) is 12.0 Å². The molecule has 88 valence electrons. The summed E-state index contributed by atoms with van der Waals surface area (Å²) in [4.78, 5) is 19.1. The summed E-state index contributed by atoms with van der Waals surface area (Å²) in [6.45, 7) is 0. The van der Waals surface area contributed by atoms with Crippen LogP contribution in [0.2, 0.25) is 14.8 Å². The van der Waals surface area contributed by atoms with Crippen molar-refractivity contribution in [2.24, 2.45) is 0 Å². The van der Waals surface area contributed by atoms with Crippen molar-refractivity contribution in [1.29, 1.82) is 0 Å². The fraction of sp³-hybridized carbons (Fsp3) is 0. The monoisotopic (exact) mass is 309 g/mol. The van der Waals surface area contributed by atoms with Gasteiger partial charge in [-0.1, -0.05) is 34.5 Å². The molecule has 0 saturated heterocycles. The van der Waals surface area contributed by atoms with Crippen LogP contribution < -0.4 is 5.32 Å². The summed E-state index contributed by atoms with van der Waals surface area (Å²) in [5.41, 5.74) is 0.118. The number of carbonyl (C=O) groups excluding carboxylic acids is 1. The van der Waals surface area contributed by atoms with Crippen molar-refractivity contribution in [3.63, 3.8) is 0 Å². The van der Waals surface area contributed by atoms with E-state index < -0.39 is 5.91 Å². The Balaban J connectivity index is 2.24. The number of aromatic nitrogens is 4. The first-order valence-electron chi connectivity index (χ1n) is 4.04. The van der Waals surface area contributed by atoms with Crippen LogP contribution in [0.15, 0.2) is 6.33 Å². The van der Waals surface area contributed by atoms with Crippen molar-refractivity contribution in [1.82, 2.24) is 20.2 Å². The Labute approximate surface area is 114 Å². The Morgan fingerprint density at radius 1 is 1.18 bits per heavy atom. The standard InChI is InChI=1S/C7H2Cl3N5OS/c8-3-2(4(9)12-1-11-3)13-5(16)6-14-15-7(10)17-6/h1H,(H,13,16). The van der Waals surface area contributed by atoms with Crippen molar-refractivity contribution in [3.8, 4) is 0 Å². The molecule has 10 heteroatoms. The van der Waals surface area contributed by atoms with Gasteiger partial charge in [-0.25, -0.2) is 9.97 Å². The second-order valence-corrected chi connectivity index (χ2v) is 4.92. The van der Waals surface area contributed by atoms with Crippen LogP contribution >= 0.6 is 46.1 Å². The lowest BCUT2D eigenvalue weighted by Gasteiger charge is -2.04. The molecule has 2 heterocycles. The van der Waals surface area contributed by atoms with Crippen LogP contribution in [0.5, 0.6) is 0 Å². The minimum absolute atomic E-state index is 0.0361. The molecule has 1 amide bonds. The van der Waals surface area contributed by atoms with Crippen molar-refractivity contribution in [3.05, 3.63) is 26.1 Å². The molecule has 0 unspecified atom stereocenters. The maximum Gasteiger partial charge on any atom is 0.286 e. The smallest absolute Gasteiger partial charge is 0.286 e. The first-order chi connectivity index (χ1) is 8.08. The Hall–Kier alpha value is -1.02. The Bertz CT molecular complexity index is 554. The SMILES string of the molecule is O=C(Nc1c(Cl)ncnc1Cl)c1nnc(Cl)s1. The van der Waals surface area contributed by atoms with E-state index in [-0.39, 0.29) is 25.5 Å². The van der Waals surface area contributed by atoms with E-state index in [0.29, 0.717) is 0 Å². The molecular formula is C7H2Cl3N5OS. The first-order valence-corrected chi connectivity index (χ1v) is 5.99. The predicted octanol–water partition coefficient (Wildman–Crippen LogP) is 2.54.